The zero-order chi connectivity index (χ0) is 18.5. The van der Waals surface area contributed by atoms with E-state index in [1.807, 2.05) is 58.2 Å². The van der Waals surface area contributed by atoms with Crippen molar-refractivity contribution in [3.8, 4) is 0 Å². The van der Waals surface area contributed by atoms with Gasteiger partial charge in [-0.1, -0.05) is 17.8 Å². The smallest absolute Gasteiger partial charge is 0.322 e. The van der Waals surface area contributed by atoms with E-state index in [1.165, 1.54) is 11.8 Å². The number of nitrogens with zero attached hydrogens (tertiary/aromatic N) is 2. The molecule has 0 saturated carbocycles. The summed E-state index contributed by atoms with van der Waals surface area (Å²) >= 11 is 3.00. The Morgan fingerprint density at radius 2 is 2.04 bits per heavy atom. The average Bonchev–Trinajstić information content (AvgIpc) is 2.93. The molecule has 0 radical (unpaired) electrons. The first-order valence-corrected chi connectivity index (χ1v) is 9.87. The highest BCUT2D eigenvalue weighted by molar-refractivity contribution is 8.03. The van der Waals surface area contributed by atoms with E-state index < -0.39 is 10.3 Å². The molecule has 0 fully saturated rings. The van der Waals surface area contributed by atoms with Crippen LogP contribution in [0, 0.1) is 0 Å². The van der Waals surface area contributed by atoms with Crippen LogP contribution in [0.5, 0.6) is 0 Å². The van der Waals surface area contributed by atoms with Crippen LogP contribution in [-0.2, 0) is 16.0 Å². The maximum Gasteiger partial charge on any atom is 0.322 e. The fourth-order valence-corrected chi connectivity index (χ4v) is 4.16. The zero-order valence-corrected chi connectivity index (χ0v) is 17.0. The van der Waals surface area contributed by atoms with Crippen molar-refractivity contribution in [2.75, 3.05) is 11.9 Å². The molecule has 2 heterocycles. The Morgan fingerprint density at radius 1 is 1.28 bits per heavy atom. The predicted molar refractivity (Wildman–Crippen MR) is 104 cm³/mol. The van der Waals surface area contributed by atoms with Crippen LogP contribution in [-0.4, -0.2) is 32.8 Å². The molecule has 136 valence electrons. The first kappa shape index (κ1) is 19.7. The van der Waals surface area contributed by atoms with Gasteiger partial charge in [0, 0.05) is 24.5 Å². The van der Waals surface area contributed by atoms with Gasteiger partial charge in [0.05, 0.1) is 5.69 Å². The topological polar surface area (TPSA) is 64.1 Å². The molecule has 0 bridgehead atoms. The van der Waals surface area contributed by atoms with Gasteiger partial charge in [0.2, 0.25) is 0 Å². The quantitative estimate of drug-likeness (QED) is 0.568. The highest BCUT2D eigenvalue weighted by Crippen LogP contribution is 2.36. The van der Waals surface area contributed by atoms with Crippen molar-refractivity contribution in [2.45, 2.75) is 55.7 Å². The van der Waals surface area contributed by atoms with E-state index >= 15 is 0 Å². The lowest BCUT2D eigenvalue weighted by Crippen LogP contribution is -2.36. The lowest BCUT2D eigenvalue weighted by Gasteiger charge is -2.27. The SMILES string of the molecule is CC(C)(C)OC(=O)C(C)(C)Sc1nc(CCNc2ccccn2)cs1. The van der Waals surface area contributed by atoms with Crippen LogP contribution in [0.1, 0.15) is 40.3 Å². The molecule has 25 heavy (non-hydrogen) atoms. The van der Waals surface area contributed by atoms with E-state index in [-0.39, 0.29) is 5.97 Å². The second kappa shape index (κ2) is 8.19. The largest absolute Gasteiger partial charge is 0.459 e. The molecule has 7 heteroatoms. The molecule has 0 aliphatic heterocycles. The van der Waals surface area contributed by atoms with Crippen molar-refractivity contribution in [3.63, 3.8) is 0 Å². The second-order valence-electron chi connectivity index (χ2n) is 7.11. The maximum atomic E-state index is 12.3. The van der Waals surface area contributed by atoms with E-state index in [0.717, 1.165) is 28.8 Å². The molecular weight excluding hydrogens is 354 g/mol. The molecule has 0 unspecified atom stereocenters. The monoisotopic (exact) mass is 379 g/mol. The molecule has 0 amide bonds. The highest BCUT2D eigenvalue weighted by Gasteiger charge is 2.34. The van der Waals surface area contributed by atoms with Gasteiger partial charge >= 0.3 is 5.97 Å². The number of thioether (sulfide) groups is 1. The number of thiazole rings is 1. The van der Waals surface area contributed by atoms with E-state index in [1.54, 1.807) is 17.5 Å². The summed E-state index contributed by atoms with van der Waals surface area (Å²) in [6.07, 6.45) is 2.57. The third-order valence-corrected chi connectivity index (χ3v) is 5.28. The van der Waals surface area contributed by atoms with Gasteiger partial charge in [-0.2, -0.15) is 0 Å². The lowest BCUT2D eigenvalue weighted by molar-refractivity contribution is -0.156. The number of esters is 1. The van der Waals surface area contributed by atoms with Crippen molar-refractivity contribution in [2.24, 2.45) is 0 Å². The molecule has 0 spiro atoms. The van der Waals surface area contributed by atoms with Crippen LogP contribution < -0.4 is 5.32 Å². The summed E-state index contributed by atoms with van der Waals surface area (Å²) in [6.45, 7) is 10.1. The van der Waals surface area contributed by atoms with E-state index in [0.29, 0.717) is 0 Å². The lowest BCUT2D eigenvalue weighted by atomic mass is 10.1. The highest BCUT2D eigenvalue weighted by atomic mass is 32.2. The van der Waals surface area contributed by atoms with Gasteiger partial charge in [0.15, 0.2) is 4.34 Å². The van der Waals surface area contributed by atoms with Crippen molar-refractivity contribution in [3.05, 3.63) is 35.5 Å². The number of ether oxygens (including phenoxy) is 1. The Kier molecular flexibility index (Phi) is 6.46. The number of hydrogen-bond acceptors (Lipinski definition) is 7. The number of nitrogens with one attached hydrogen (secondary N) is 1. The Morgan fingerprint density at radius 3 is 2.68 bits per heavy atom. The first-order chi connectivity index (χ1) is 11.7. The third-order valence-electron chi connectivity index (χ3n) is 3.12. The van der Waals surface area contributed by atoms with Crippen LogP contribution in [0.3, 0.4) is 0 Å². The maximum absolute atomic E-state index is 12.3. The van der Waals surface area contributed by atoms with Crippen LogP contribution in [0.15, 0.2) is 34.1 Å². The first-order valence-electron chi connectivity index (χ1n) is 8.17. The summed E-state index contributed by atoms with van der Waals surface area (Å²) in [5, 5.41) is 5.30. The summed E-state index contributed by atoms with van der Waals surface area (Å²) in [4.78, 5) is 21.2. The van der Waals surface area contributed by atoms with Gasteiger partial charge in [-0.25, -0.2) is 9.97 Å². The van der Waals surface area contributed by atoms with Crippen molar-refractivity contribution in [1.82, 2.24) is 9.97 Å². The summed E-state index contributed by atoms with van der Waals surface area (Å²) in [5.41, 5.74) is 0.524. The Bertz CT molecular complexity index is 694. The van der Waals surface area contributed by atoms with Crippen LogP contribution >= 0.6 is 23.1 Å². The van der Waals surface area contributed by atoms with Gasteiger partial charge in [0.25, 0.3) is 0 Å². The van der Waals surface area contributed by atoms with Crippen LogP contribution in [0.25, 0.3) is 0 Å². The molecule has 0 aromatic carbocycles. The number of anilines is 1. The molecule has 2 aromatic heterocycles. The fourth-order valence-electron chi connectivity index (χ4n) is 1.90. The molecule has 2 rings (SSSR count). The minimum Gasteiger partial charge on any atom is -0.459 e. The third kappa shape index (κ3) is 6.66. The summed E-state index contributed by atoms with van der Waals surface area (Å²) in [7, 11) is 0. The number of hydrogen-bond donors (Lipinski definition) is 1. The minimum atomic E-state index is -0.672. The Balaban J connectivity index is 1.86. The fraction of sp³-hybridized carbons (Fsp3) is 0.500. The Hall–Kier alpha value is -1.60. The molecule has 5 nitrogen and oxygen atoms in total. The van der Waals surface area contributed by atoms with Crippen LogP contribution in [0.2, 0.25) is 0 Å². The molecule has 1 N–H and O–H groups in total. The van der Waals surface area contributed by atoms with Crippen molar-refractivity contribution in [1.29, 1.82) is 0 Å². The predicted octanol–water partition coefficient (Wildman–Crippen LogP) is 4.41. The molecule has 2 aromatic rings. The number of pyridine rings is 1. The molecular formula is C18H25N3O2S2. The normalized spacial score (nSPS) is 12.0. The minimum absolute atomic E-state index is 0.224. The van der Waals surface area contributed by atoms with Gasteiger partial charge in [-0.3, -0.25) is 4.79 Å². The number of carbonyl (C=O) groups excluding carboxylic acids is 1. The Labute approximate surface area is 157 Å². The standard InChI is InChI=1S/C18H25N3O2S2/c1-17(2,3)23-15(22)18(4,5)25-16-21-13(12-24-16)9-11-20-14-8-6-7-10-19-14/h6-8,10,12H,9,11H2,1-5H3,(H,19,20). The van der Waals surface area contributed by atoms with E-state index in [4.69, 9.17) is 4.74 Å². The number of aromatic nitrogens is 2. The van der Waals surface area contributed by atoms with Crippen molar-refractivity contribution >= 4 is 34.9 Å². The number of rotatable bonds is 7. The van der Waals surface area contributed by atoms with Gasteiger partial charge in [-0.15, -0.1) is 11.3 Å². The van der Waals surface area contributed by atoms with E-state index in [2.05, 4.69) is 15.3 Å². The van der Waals surface area contributed by atoms with Gasteiger partial charge in [0.1, 0.15) is 16.2 Å². The van der Waals surface area contributed by atoms with Gasteiger partial charge < -0.3 is 10.1 Å². The molecule has 0 atom stereocenters. The molecule has 0 aliphatic carbocycles. The molecule has 0 aliphatic rings. The van der Waals surface area contributed by atoms with E-state index in [9.17, 15) is 4.79 Å². The molecule has 0 saturated heterocycles. The number of carbonyl (C=O) groups is 1. The zero-order valence-electron chi connectivity index (χ0n) is 15.3. The summed E-state index contributed by atoms with van der Waals surface area (Å²) in [6, 6.07) is 5.78. The summed E-state index contributed by atoms with van der Waals surface area (Å²) < 4.78 is 5.70. The van der Waals surface area contributed by atoms with Crippen molar-refractivity contribution < 1.29 is 9.53 Å². The second-order valence-corrected chi connectivity index (χ2v) is 9.84. The summed E-state index contributed by atoms with van der Waals surface area (Å²) in [5.74, 6) is 0.636. The average molecular weight is 380 g/mol. The van der Waals surface area contributed by atoms with Crippen LogP contribution in [0.4, 0.5) is 5.82 Å². The van der Waals surface area contributed by atoms with Gasteiger partial charge in [-0.05, 0) is 46.8 Å².